The van der Waals surface area contributed by atoms with Gasteiger partial charge >= 0.3 is 6.18 Å². The van der Waals surface area contributed by atoms with Crippen molar-refractivity contribution >= 4 is 27.3 Å². The van der Waals surface area contributed by atoms with Gasteiger partial charge in [0.1, 0.15) is 5.82 Å². The summed E-state index contributed by atoms with van der Waals surface area (Å²) >= 11 is 3.42. The molecule has 1 aromatic carbocycles. The first-order valence-corrected chi connectivity index (χ1v) is 6.64. The van der Waals surface area contributed by atoms with Gasteiger partial charge < -0.3 is 5.73 Å². The molecule has 8 heteroatoms. The fourth-order valence-electron chi connectivity index (χ4n) is 1.48. The lowest BCUT2D eigenvalue weighted by Gasteiger charge is -2.11. The lowest BCUT2D eigenvalue weighted by molar-refractivity contribution is -0.137. The number of aromatic nitrogens is 1. The molecule has 0 aliphatic rings. The zero-order valence-corrected chi connectivity index (χ0v) is 11.6. The smallest absolute Gasteiger partial charge is 0.319 e. The van der Waals surface area contributed by atoms with Gasteiger partial charge in [0, 0.05) is 16.6 Å². The van der Waals surface area contributed by atoms with E-state index >= 15 is 0 Å². The van der Waals surface area contributed by atoms with Crippen LogP contribution in [-0.4, -0.2) is 4.98 Å². The van der Waals surface area contributed by atoms with Crippen molar-refractivity contribution in [3.05, 3.63) is 50.1 Å². The van der Waals surface area contributed by atoms with Crippen LogP contribution in [0.3, 0.4) is 0 Å². The predicted molar refractivity (Wildman–Crippen MR) is 67.2 cm³/mol. The van der Waals surface area contributed by atoms with Crippen LogP contribution in [0.2, 0.25) is 0 Å². The highest BCUT2D eigenvalue weighted by Gasteiger charge is 2.35. The van der Waals surface area contributed by atoms with Gasteiger partial charge in [-0.15, -0.1) is 11.3 Å². The van der Waals surface area contributed by atoms with E-state index < -0.39 is 23.0 Å². The van der Waals surface area contributed by atoms with Gasteiger partial charge in [0.15, 0.2) is 5.01 Å². The Balaban J connectivity index is 2.37. The molecule has 102 valence electrons. The Hall–Kier alpha value is -0.990. The van der Waals surface area contributed by atoms with Gasteiger partial charge in [-0.3, -0.25) is 0 Å². The summed E-state index contributed by atoms with van der Waals surface area (Å²) in [5.41, 5.74) is 5.90. The molecule has 0 saturated heterocycles. The topological polar surface area (TPSA) is 38.9 Å². The molecule has 2 nitrogen and oxygen atoms in total. The predicted octanol–water partition coefficient (Wildman–Crippen LogP) is 4.11. The summed E-state index contributed by atoms with van der Waals surface area (Å²) in [6.07, 6.45) is -3.49. The first-order valence-electron chi connectivity index (χ1n) is 5.03. The highest BCUT2D eigenvalue weighted by atomic mass is 79.9. The highest BCUT2D eigenvalue weighted by Crippen LogP contribution is 2.36. The molecule has 0 radical (unpaired) electrons. The van der Waals surface area contributed by atoms with Gasteiger partial charge in [-0.1, -0.05) is 12.1 Å². The fourth-order valence-corrected chi connectivity index (χ4v) is 2.66. The molecule has 0 bridgehead atoms. The molecule has 0 fully saturated rings. The largest absolute Gasteiger partial charge is 0.443 e. The molecule has 1 atom stereocenters. The molecule has 1 aromatic heterocycles. The lowest BCUT2D eigenvalue weighted by atomic mass is 10.1. The Kier molecular flexibility index (Phi) is 3.93. The van der Waals surface area contributed by atoms with Gasteiger partial charge in [-0.25, -0.2) is 9.37 Å². The Labute approximate surface area is 118 Å². The number of halogens is 5. The Morgan fingerprint density at radius 3 is 2.58 bits per heavy atom. The van der Waals surface area contributed by atoms with Crippen LogP contribution in [0, 0.1) is 5.82 Å². The first-order chi connectivity index (χ1) is 8.80. The SMILES string of the molecule is NC(c1cnc(C(F)(F)F)s1)c1cccc(Br)c1F. The van der Waals surface area contributed by atoms with E-state index in [0.29, 0.717) is 11.3 Å². The van der Waals surface area contributed by atoms with E-state index in [0.717, 1.165) is 6.20 Å². The number of nitrogens with zero attached hydrogens (tertiary/aromatic N) is 1. The van der Waals surface area contributed by atoms with E-state index in [4.69, 9.17) is 5.73 Å². The minimum atomic E-state index is -4.52. The van der Waals surface area contributed by atoms with E-state index in [1.807, 2.05) is 0 Å². The minimum absolute atomic E-state index is 0.117. The Morgan fingerprint density at radius 1 is 1.32 bits per heavy atom. The average molecular weight is 355 g/mol. The van der Waals surface area contributed by atoms with Crippen molar-refractivity contribution < 1.29 is 17.6 Å². The first kappa shape index (κ1) is 14.4. The third kappa shape index (κ3) is 2.96. The monoisotopic (exact) mass is 354 g/mol. The maximum atomic E-state index is 13.8. The third-order valence-electron chi connectivity index (χ3n) is 2.39. The molecule has 2 N–H and O–H groups in total. The Bertz CT molecular complexity index is 597. The molecular weight excluding hydrogens is 348 g/mol. The van der Waals surface area contributed by atoms with Crippen molar-refractivity contribution in [1.29, 1.82) is 0 Å². The van der Waals surface area contributed by atoms with Crippen molar-refractivity contribution in [3.8, 4) is 0 Å². The van der Waals surface area contributed by atoms with Crippen LogP contribution in [0.15, 0.2) is 28.9 Å². The molecule has 1 unspecified atom stereocenters. The van der Waals surface area contributed by atoms with Crippen molar-refractivity contribution in [2.75, 3.05) is 0 Å². The normalized spacial score (nSPS) is 13.6. The zero-order chi connectivity index (χ0) is 14.2. The fraction of sp³-hybridized carbons (Fsp3) is 0.182. The lowest BCUT2D eigenvalue weighted by Crippen LogP contribution is -2.12. The molecule has 0 aliphatic carbocycles. The van der Waals surface area contributed by atoms with Crippen molar-refractivity contribution in [2.24, 2.45) is 5.73 Å². The third-order valence-corrected chi connectivity index (χ3v) is 4.13. The summed E-state index contributed by atoms with van der Waals surface area (Å²) in [6.45, 7) is 0. The molecule has 0 spiro atoms. The summed E-state index contributed by atoms with van der Waals surface area (Å²) in [5, 5.41) is -0.992. The number of hydrogen-bond acceptors (Lipinski definition) is 3. The van der Waals surface area contributed by atoms with Crippen LogP contribution < -0.4 is 5.73 Å². The van der Waals surface area contributed by atoms with E-state index in [1.54, 1.807) is 6.07 Å². The van der Waals surface area contributed by atoms with E-state index in [1.165, 1.54) is 12.1 Å². The summed E-state index contributed by atoms with van der Waals surface area (Å²) < 4.78 is 51.3. The van der Waals surface area contributed by atoms with E-state index in [-0.39, 0.29) is 14.9 Å². The van der Waals surface area contributed by atoms with Gasteiger partial charge in [-0.05, 0) is 22.0 Å². The molecule has 2 rings (SSSR count). The Morgan fingerprint density at radius 2 is 2.00 bits per heavy atom. The number of rotatable bonds is 2. The molecule has 2 aromatic rings. The van der Waals surface area contributed by atoms with Gasteiger partial charge in [-0.2, -0.15) is 13.2 Å². The van der Waals surface area contributed by atoms with Crippen molar-refractivity contribution in [2.45, 2.75) is 12.2 Å². The highest BCUT2D eigenvalue weighted by molar-refractivity contribution is 9.10. The average Bonchev–Trinajstić information content (AvgIpc) is 2.81. The van der Waals surface area contributed by atoms with Crippen LogP contribution in [0.25, 0.3) is 0 Å². The number of benzene rings is 1. The second kappa shape index (κ2) is 5.18. The van der Waals surface area contributed by atoms with Crippen LogP contribution >= 0.6 is 27.3 Å². The quantitative estimate of drug-likeness (QED) is 0.824. The van der Waals surface area contributed by atoms with Gasteiger partial charge in [0.25, 0.3) is 0 Å². The van der Waals surface area contributed by atoms with E-state index in [9.17, 15) is 17.6 Å². The number of hydrogen-bond donors (Lipinski definition) is 1. The molecule has 1 heterocycles. The van der Waals surface area contributed by atoms with Gasteiger partial charge in [0.2, 0.25) is 0 Å². The second-order valence-corrected chi connectivity index (χ2v) is 5.60. The maximum absolute atomic E-state index is 13.8. The standard InChI is InChI=1S/C11H7BrF4N2S/c12-6-3-1-2-5(8(6)13)9(17)7-4-18-10(19-7)11(14,15)16/h1-4,9H,17H2. The summed E-state index contributed by atoms with van der Waals surface area (Å²) in [5.74, 6) is -0.586. The van der Waals surface area contributed by atoms with Crippen molar-refractivity contribution in [1.82, 2.24) is 4.98 Å². The zero-order valence-electron chi connectivity index (χ0n) is 9.21. The molecule has 0 amide bonds. The van der Waals surface area contributed by atoms with Crippen LogP contribution in [0.4, 0.5) is 17.6 Å². The van der Waals surface area contributed by atoms with Gasteiger partial charge in [0.05, 0.1) is 10.5 Å². The number of thiazole rings is 1. The van der Waals surface area contributed by atoms with Crippen LogP contribution in [-0.2, 0) is 6.18 Å². The minimum Gasteiger partial charge on any atom is -0.319 e. The van der Waals surface area contributed by atoms with Crippen LogP contribution in [0.5, 0.6) is 0 Å². The summed E-state index contributed by atoms with van der Waals surface area (Å²) in [7, 11) is 0. The molecule has 19 heavy (non-hydrogen) atoms. The van der Waals surface area contributed by atoms with E-state index in [2.05, 4.69) is 20.9 Å². The molecule has 0 saturated carbocycles. The summed E-state index contributed by atoms with van der Waals surface area (Å²) in [4.78, 5) is 3.42. The second-order valence-electron chi connectivity index (χ2n) is 3.69. The maximum Gasteiger partial charge on any atom is 0.443 e. The van der Waals surface area contributed by atoms with Crippen LogP contribution in [0.1, 0.15) is 21.5 Å². The number of alkyl halides is 3. The molecule has 0 aliphatic heterocycles. The summed E-state index contributed by atoms with van der Waals surface area (Å²) in [6, 6.07) is 3.50. The van der Waals surface area contributed by atoms with Crippen molar-refractivity contribution in [3.63, 3.8) is 0 Å². The number of nitrogens with two attached hydrogens (primary N) is 1. The molecular formula is C11H7BrF4N2S.